The highest BCUT2D eigenvalue weighted by atomic mass is 16.4. The number of carboxylic acids is 1. The van der Waals surface area contributed by atoms with Crippen molar-refractivity contribution >= 4 is 17.7 Å². The summed E-state index contributed by atoms with van der Waals surface area (Å²) in [6, 6.07) is 6.46. The van der Waals surface area contributed by atoms with Crippen LogP contribution in [0.1, 0.15) is 33.7 Å². The molecule has 3 rings (SSSR count). The zero-order valence-electron chi connectivity index (χ0n) is 11.6. The van der Waals surface area contributed by atoms with Gasteiger partial charge in [0.2, 0.25) is 0 Å². The molecule has 0 unspecified atom stereocenters. The Kier molecular flexibility index (Phi) is 3.46. The first-order valence-corrected chi connectivity index (χ1v) is 6.81. The van der Waals surface area contributed by atoms with Gasteiger partial charge in [-0.25, -0.2) is 14.8 Å². The predicted octanol–water partition coefficient (Wildman–Crippen LogP) is 1.32. The van der Waals surface area contributed by atoms with Crippen LogP contribution in [0.5, 0.6) is 0 Å². The highest BCUT2D eigenvalue weighted by Crippen LogP contribution is 2.22. The van der Waals surface area contributed by atoms with Gasteiger partial charge in [0.05, 0.1) is 17.5 Å². The lowest BCUT2D eigenvalue weighted by Crippen LogP contribution is -2.27. The van der Waals surface area contributed by atoms with Gasteiger partial charge in [-0.1, -0.05) is 12.1 Å². The summed E-state index contributed by atoms with van der Waals surface area (Å²) in [6.45, 7) is 0. The lowest BCUT2D eigenvalue weighted by atomic mass is 10.1. The number of nitrogens with two attached hydrogens (primary N) is 1. The van der Waals surface area contributed by atoms with Crippen LogP contribution in [0.25, 0.3) is 11.3 Å². The molecule has 4 N–H and O–H groups in total. The lowest BCUT2D eigenvalue weighted by Gasteiger charge is -2.08. The predicted molar refractivity (Wildman–Crippen MR) is 79.3 cm³/mol. The Hall–Kier alpha value is -2.96. The molecule has 1 aromatic heterocycles. The Bertz CT molecular complexity index is 756. The number of rotatable bonds is 4. The van der Waals surface area contributed by atoms with Gasteiger partial charge < -0.3 is 16.2 Å². The van der Waals surface area contributed by atoms with Crippen LogP contribution < -0.4 is 11.1 Å². The third-order valence-electron chi connectivity index (χ3n) is 3.33. The van der Waals surface area contributed by atoms with E-state index in [2.05, 4.69) is 15.3 Å². The van der Waals surface area contributed by atoms with E-state index in [-0.39, 0.29) is 29.0 Å². The summed E-state index contributed by atoms with van der Waals surface area (Å²) in [4.78, 5) is 31.3. The fourth-order valence-electron chi connectivity index (χ4n) is 2.00. The molecule has 0 atom stereocenters. The number of nitrogens with one attached hydrogen (secondary N) is 1. The average Bonchev–Trinajstić information content (AvgIpc) is 3.31. The van der Waals surface area contributed by atoms with E-state index in [1.165, 1.54) is 18.3 Å². The minimum atomic E-state index is -1.03. The molecular formula is C15H14N4O3. The van der Waals surface area contributed by atoms with E-state index in [1.807, 2.05) is 0 Å². The molecule has 0 bridgehead atoms. The first kappa shape index (κ1) is 14.0. The van der Waals surface area contributed by atoms with E-state index in [1.54, 1.807) is 12.1 Å². The number of anilines is 1. The standard InChI is InChI=1S/C15H14N4O3/c16-13-12(14(20)18-10-4-5-10)19-11(7-17-13)8-2-1-3-9(6-8)15(21)22/h1-3,6-7,10H,4-5H2,(H2,16,17)(H,18,20)(H,21,22). The van der Waals surface area contributed by atoms with Crippen molar-refractivity contribution in [2.24, 2.45) is 0 Å². The third-order valence-corrected chi connectivity index (χ3v) is 3.33. The number of aromatic carboxylic acids is 1. The highest BCUT2D eigenvalue weighted by Gasteiger charge is 2.25. The maximum absolute atomic E-state index is 12.1. The SMILES string of the molecule is Nc1ncc(-c2cccc(C(=O)O)c2)nc1C(=O)NC1CC1. The van der Waals surface area contributed by atoms with Crippen LogP contribution in [0, 0.1) is 0 Å². The molecule has 1 heterocycles. The summed E-state index contributed by atoms with van der Waals surface area (Å²) in [7, 11) is 0. The molecule has 22 heavy (non-hydrogen) atoms. The van der Waals surface area contributed by atoms with Crippen LogP contribution in [0.3, 0.4) is 0 Å². The summed E-state index contributed by atoms with van der Waals surface area (Å²) < 4.78 is 0. The molecule has 1 aliphatic carbocycles. The number of benzene rings is 1. The van der Waals surface area contributed by atoms with E-state index in [9.17, 15) is 9.59 Å². The number of hydrogen-bond acceptors (Lipinski definition) is 5. The Morgan fingerprint density at radius 3 is 2.77 bits per heavy atom. The van der Waals surface area contributed by atoms with Crippen LogP contribution >= 0.6 is 0 Å². The average molecular weight is 298 g/mol. The van der Waals surface area contributed by atoms with Gasteiger partial charge in [-0.2, -0.15) is 0 Å². The summed E-state index contributed by atoms with van der Waals surface area (Å²) in [5.41, 5.74) is 6.88. The second-order valence-electron chi connectivity index (χ2n) is 5.12. The number of amides is 1. The second kappa shape index (κ2) is 5.44. The smallest absolute Gasteiger partial charge is 0.335 e. The number of hydrogen-bond donors (Lipinski definition) is 3. The molecule has 2 aromatic rings. The fourth-order valence-corrected chi connectivity index (χ4v) is 2.00. The van der Waals surface area contributed by atoms with Crippen LogP contribution in [-0.2, 0) is 0 Å². The van der Waals surface area contributed by atoms with Gasteiger partial charge in [-0.3, -0.25) is 4.79 Å². The first-order valence-electron chi connectivity index (χ1n) is 6.81. The van der Waals surface area contributed by atoms with Gasteiger partial charge in [0.15, 0.2) is 11.5 Å². The molecule has 0 spiro atoms. The Labute approximate surface area is 126 Å². The highest BCUT2D eigenvalue weighted by molar-refractivity contribution is 5.97. The largest absolute Gasteiger partial charge is 0.478 e. The molecule has 0 saturated heterocycles. The van der Waals surface area contributed by atoms with Gasteiger partial charge in [0.1, 0.15) is 0 Å². The van der Waals surface area contributed by atoms with Gasteiger partial charge in [-0.15, -0.1) is 0 Å². The number of carbonyl (C=O) groups excluding carboxylic acids is 1. The molecule has 1 aromatic carbocycles. The maximum atomic E-state index is 12.1. The monoisotopic (exact) mass is 298 g/mol. The number of nitrogen functional groups attached to an aromatic ring is 1. The van der Waals surface area contributed by atoms with Crippen LogP contribution in [-0.4, -0.2) is 33.0 Å². The Morgan fingerprint density at radius 1 is 1.32 bits per heavy atom. The quantitative estimate of drug-likeness (QED) is 0.783. The maximum Gasteiger partial charge on any atom is 0.335 e. The molecule has 112 valence electrons. The minimum Gasteiger partial charge on any atom is -0.478 e. The summed E-state index contributed by atoms with van der Waals surface area (Å²) in [5.74, 6) is -1.34. The molecule has 1 fully saturated rings. The summed E-state index contributed by atoms with van der Waals surface area (Å²) in [6.07, 6.45) is 3.34. The second-order valence-corrected chi connectivity index (χ2v) is 5.12. The molecule has 0 radical (unpaired) electrons. The third kappa shape index (κ3) is 2.88. The van der Waals surface area contributed by atoms with Crippen molar-refractivity contribution in [1.82, 2.24) is 15.3 Å². The molecule has 1 aliphatic rings. The molecule has 1 saturated carbocycles. The molecule has 7 nitrogen and oxygen atoms in total. The zero-order chi connectivity index (χ0) is 15.7. The minimum absolute atomic E-state index is 0.0521. The Morgan fingerprint density at radius 2 is 2.09 bits per heavy atom. The van der Waals surface area contributed by atoms with Crippen molar-refractivity contribution in [1.29, 1.82) is 0 Å². The number of aromatic nitrogens is 2. The van der Waals surface area contributed by atoms with E-state index in [4.69, 9.17) is 10.8 Å². The van der Waals surface area contributed by atoms with Crippen molar-refractivity contribution in [3.63, 3.8) is 0 Å². The lowest BCUT2D eigenvalue weighted by molar-refractivity contribution is 0.0696. The summed E-state index contributed by atoms with van der Waals surface area (Å²) in [5, 5.41) is 11.8. The van der Waals surface area contributed by atoms with E-state index >= 15 is 0 Å². The molecule has 7 heteroatoms. The van der Waals surface area contributed by atoms with Gasteiger partial charge in [-0.05, 0) is 25.0 Å². The number of carboxylic acid groups (broad SMARTS) is 1. The number of carbonyl (C=O) groups is 2. The van der Waals surface area contributed by atoms with Crippen molar-refractivity contribution in [3.05, 3.63) is 41.7 Å². The summed E-state index contributed by atoms with van der Waals surface area (Å²) >= 11 is 0. The van der Waals surface area contributed by atoms with Crippen LogP contribution in [0.2, 0.25) is 0 Å². The molecular weight excluding hydrogens is 284 g/mol. The van der Waals surface area contributed by atoms with Gasteiger partial charge >= 0.3 is 5.97 Å². The van der Waals surface area contributed by atoms with Crippen molar-refractivity contribution in [2.45, 2.75) is 18.9 Å². The van der Waals surface area contributed by atoms with Crippen LogP contribution in [0.4, 0.5) is 5.82 Å². The van der Waals surface area contributed by atoms with Crippen LogP contribution in [0.15, 0.2) is 30.5 Å². The van der Waals surface area contributed by atoms with Crippen molar-refractivity contribution < 1.29 is 14.7 Å². The fraction of sp³-hybridized carbons (Fsp3) is 0.200. The van der Waals surface area contributed by atoms with Crippen molar-refractivity contribution in [3.8, 4) is 11.3 Å². The molecule has 1 amide bonds. The number of nitrogens with zero attached hydrogens (tertiary/aromatic N) is 2. The Balaban J connectivity index is 1.95. The topological polar surface area (TPSA) is 118 Å². The van der Waals surface area contributed by atoms with Gasteiger partial charge in [0.25, 0.3) is 5.91 Å². The van der Waals surface area contributed by atoms with Crippen molar-refractivity contribution in [2.75, 3.05) is 5.73 Å². The normalized spacial score (nSPS) is 13.6. The van der Waals surface area contributed by atoms with Gasteiger partial charge in [0, 0.05) is 11.6 Å². The van der Waals surface area contributed by atoms with E-state index < -0.39 is 5.97 Å². The molecule has 0 aliphatic heterocycles. The van der Waals surface area contributed by atoms with E-state index in [0.29, 0.717) is 11.3 Å². The first-order chi connectivity index (χ1) is 10.5. The van der Waals surface area contributed by atoms with E-state index in [0.717, 1.165) is 12.8 Å². The zero-order valence-corrected chi connectivity index (χ0v) is 11.6.